The monoisotopic (exact) mass is 434 g/mol. The first-order valence-corrected chi connectivity index (χ1v) is 11.4. The van der Waals surface area contributed by atoms with Gasteiger partial charge in [-0.3, -0.25) is 4.79 Å². The van der Waals surface area contributed by atoms with Crippen molar-refractivity contribution in [1.82, 2.24) is 0 Å². The second-order valence-corrected chi connectivity index (χ2v) is 8.56. The molecule has 0 saturated heterocycles. The van der Waals surface area contributed by atoms with Crippen LogP contribution in [0.3, 0.4) is 0 Å². The Hall–Kier alpha value is -3.85. The van der Waals surface area contributed by atoms with Gasteiger partial charge >= 0.3 is 0 Å². The fraction of sp³-hybridized carbons (Fsp3) is 0.167. The molecule has 0 aromatic heterocycles. The van der Waals surface area contributed by atoms with E-state index in [2.05, 4.69) is 6.07 Å². The third kappa shape index (κ3) is 3.00. The molecule has 0 amide bonds. The first kappa shape index (κ1) is 21.0. The van der Waals surface area contributed by atoms with Gasteiger partial charge in [0.2, 0.25) is 0 Å². The van der Waals surface area contributed by atoms with Crippen molar-refractivity contribution in [1.29, 1.82) is 0 Å². The summed E-state index contributed by atoms with van der Waals surface area (Å²) in [6.45, 7) is 3.99. The summed E-state index contributed by atoms with van der Waals surface area (Å²) in [5.41, 5.74) is 5.66. The smallest absolute Gasteiger partial charge is 0.182 e. The zero-order chi connectivity index (χ0) is 23.2. The summed E-state index contributed by atoms with van der Waals surface area (Å²) in [6.07, 6.45) is 1.30. The Morgan fingerprint density at radius 1 is 0.636 bits per heavy atom. The second kappa shape index (κ2) is 7.93. The number of carbonyl (C=O) groups is 1. The molecule has 2 N–H and O–H groups in total. The number of aryl methyl sites for hydroxylation is 2. The minimum Gasteiger partial charge on any atom is -0.508 e. The Morgan fingerprint density at radius 2 is 1.12 bits per heavy atom. The Kier molecular flexibility index (Phi) is 5.05. The van der Waals surface area contributed by atoms with Crippen LogP contribution >= 0.6 is 0 Å². The average molecular weight is 435 g/mol. The van der Waals surface area contributed by atoms with E-state index in [9.17, 15) is 15.0 Å². The van der Waals surface area contributed by atoms with E-state index in [1.54, 1.807) is 12.1 Å². The van der Waals surface area contributed by atoms with Gasteiger partial charge in [0.15, 0.2) is 5.78 Å². The maximum atomic E-state index is 14.5. The van der Waals surface area contributed by atoms with Gasteiger partial charge in [0.05, 0.1) is 0 Å². The lowest BCUT2D eigenvalue weighted by molar-refractivity contribution is 0.0933. The van der Waals surface area contributed by atoms with E-state index in [1.807, 2.05) is 80.6 Å². The second-order valence-electron chi connectivity index (χ2n) is 8.56. The highest BCUT2D eigenvalue weighted by atomic mass is 16.3. The molecule has 0 unspecified atom stereocenters. The minimum atomic E-state index is -1.10. The molecule has 0 bridgehead atoms. The fourth-order valence-corrected chi connectivity index (χ4v) is 5.23. The first-order valence-electron chi connectivity index (χ1n) is 11.4. The molecule has 4 aromatic carbocycles. The number of ketones is 1. The molecule has 1 aliphatic carbocycles. The van der Waals surface area contributed by atoms with E-state index >= 15 is 0 Å². The highest BCUT2D eigenvalue weighted by Gasteiger charge is 2.49. The number of hydrogen-bond acceptors (Lipinski definition) is 3. The lowest BCUT2D eigenvalue weighted by Crippen LogP contribution is -2.41. The molecule has 1 aliphatic rings. The highest BCUT2D eigenvalue weighted by Crippen LogP contribution is 2.51. The van der Waals surface area contributed by atoms with Crippen LogP contribution < -0.4 is 0 Å². The van der Waals surface area contributed by atoms with Crippen molar-refractivity contribution in [2.45, 2.75) is 32.1 Å². The van der Waals surface area contributed by atoms with Gasteiger partial charge in [0.25, 0.3) is 0 Å². The van der Waals surface area contributed by atoms with Gasteiger partial charge in [0, 0.05) is 5.56 Å². The van der Waals surface area contributed by atoms with Crippen LogP contribution in [0.1, 0.15) is 52.0 Å². The molecule has 0 radical (unpaired) electrons. The fourth-order valence-electron chi connectivity index (χ4n) is 5.23. The zero-order valence-corrected chi connectivity index (χ0v) is 18.8. The standard InChI is InChI=1S/C30H26O3/c1-3-19-17-21(13-15-27(19)31)30(22-14-16-28(32)20(4-2)18-22)26-12-8-7-10-24(26)23-9-5-6-11-25(23)29(30)33/h5-18,31-32H,3-4H2,1-2H3. The van der Waals surface area contributed by atoms with Crippen LogP contribution in [0.25, 0.3) is 11.1 Å². The molecule has 0 aliphatic heterocycles. The van der Waals surface area contributed by atoms with Crippen LogP contribution in [0.5, 0.6) is 11.5 Å². The van der Waals surface area contributed by atoms with Crippen molar-refractivity contribution in [3.63, 3.8) is 0 Å². The first-order chi connectivity index (χ1) is 16.0. The molecule has 33 heavy (non-hydrogen) atoms. The number of fused-ring (bicyclic) bond motifs is 3. The largest absolute Gasteiger partial charge is 0.508 e. The number of benzene rings is 4. The molecular formula is C30H26O3. The van der Waals surface area contributed by atoms with Crippen molar-refractivity contribution < 1.29 is 15.0 Å². The van der Waals surface area contributed by atoms with Gasteiger partial charge in [-0.25, -0.2) is 0 Å². The summed E-state index contributed by atoms with van der Waals surface area (Å²) in [6, 6.07) is 26.8. The van der Waals surface area contributed by atoms with Gasteiger partial charge < -0.3 is 10.2 Å². The summed E-state index contributed by atoms with van der Waals surface area (Å²) >= 11 is 0. The van der Waals surface area contributed by atoms with E-state index in [1.165, 1.54) is 0 Å². The Labute approximate surface area is 194 Å². The predicted molar refractivity (Wildman–Crippen MR) is 131 cm³/mol. The van der Waals surface area contributed by atoms with Crippen LogP contribution in [-0.4, -0.2) is 16.0 Å². The third-order valence-corrected chi connectivity index (χ3v) is 6.92. The van der Waals surface area contributed by atoms with Gasteiger partial charge in [-0.1, -0.05) is 86.6 Å². The molecule has 164 valence electrons. The van der Waals surface area contributed by atoms with Gasteiger partial charge in [-0.15, -0.1) is 0 Å². The van der Waals surface area contributed by atoms with Crippen molar-refractivity contribution in [3.05, 3.63) is 118 Å². The number of Topliss-reactive ketones (excluding diaryl/α,β-unsaturated/α-hetero) is 1. The van der Waals surface area contributed by atoms with E-state index in [-0.39, 0.29) is 17.3 Å². The number of phenolic OH excluding ortho intramolecular Hbond substituents is 2. The molecule has 3 heteroatoms. The normalized spacial score (nSPS) is 13.9. The van der Waals surface area contributed by atoms with Gasteiger partial charge in [-0.2, -0.15) is 0 Å². The lowest BCUT2D eigenvalue weighted by Gasteiger charge is -2.40. The summed E-state index contributed by atoms with van der Waals surface area (Å²) in [5, 5.41) is 20.8. The van der Waals surface area contributed by atoms with Crippen LogP contribution in [0.15, 0.2) is 84.9 Å². The predicted octanol–water partition coefficient (Wildman–Crippen LogP) is 6.42. The van der Waals surface area contributed by atoms with Crippen LogP contribution in [0, 0.1) is 0 Å². The quantitative estimate of drug-likeness (QED) is 0.390. The van der Waals surface area contributed by atoms with Crippen LogP contribution in [0.4, 0.5) is 0 Å². The lowest BCUT2D eigenvalue weighted by atomic mass is 9.60. The van der Waals surface area contributed by atoms with E-state index < -0.39 is 5.41 Å². The maximum Gasteiger partial charge on any atom is 0.182 e. The highest BCUT2D eigenvalue weighted by molar-refractivity contribution is 6.16. The van der Waals surface area contributed by atoms with Crippen molar-refractivity contribution in [2.75, 3.05) is 0 Å². The number of carbonyl (C=O) groups excluding carboxylic acids is 1. The molecule has 0 atom stereocenters. The average Bonchev–Trinajstić information content (AvgIpc) is 2.86. The maximum absolute atomic E-state index is 14.5. The van der Waals surface area contributed by atoms with Gasteiger partial charge in [0.1, 0.15) is 16.9 Å². The molecular weight excluding hydrogens is 408 g/mol. The Morgan fingerprint density at radius 3 is 1.67 bits per heavy atom. The Bertz CT molecular complexity index is 1330. The van der Waals surface area contributed by atoms with Gasteiger partial charge in [-0.05, 0) is 63.9 Å². The van der Waals surface area contributed by atoms with E-state index in [0.29, 0.717) is 18.4 Å². The molecule has 0 saturated carbocycles. The van der Waals surface area contributed by atoms with E-state index in [0.717, 1.165) is 38.9 Å². The van der Waals surface area contributed by atoms with Crippen LogP contribution in [0.2, 0.25) is 0 Å². The SMILES string of the molecule is CCc1cc(C2(c3ccc(O)c(CC)c3)C(=O)c3ccccc3-c3ccccc32)ccc1O. The van der Waals surface area contributed by atoms with Crippen molar-refractivity contribution in [3.8, 4) is 22.6 Å². The van der Waals surface area contributed by atoms with E-state index in [4.69, 9.17) is 0 Å². The summed E-state index contributed by atoms with van der Waals surface area (Å²) < 4.78 is 0. The summed E-state index contributed by atoms with van der Waals surface area (Å²) in [7, 11) is 0. The molecule has 3 nitrogen and oxygen atoms in total. The third-order valence-electron chi connectivity index (χ3n) is 6.92. The van der Waals surface area contributed by atoms with Crippen molar-refractivity contribution >= 4 is 5.78 Å². The molecule has 5 rings (SSSR count). The number of rotatable bonds is 4. The number of aromatic hydroxyl groups is 2. The summed E-state index contributed by atoms with van der Waals surface area (Å²) in [5.74, 6) is 0.457. The topological polar surface area (TPSA) is 57.5 Å². The van der Waals surface area contributed by atoms with Crippen molar-refractivity contribution in [2.24, 2.45) is 0 Å². The molecule has 0 fully saturated rings. The molecule has 4 aromatic rings. The Balaban J connectivity index is 1.95. The molecule has 0 heterocycles. The summed E-state index contributed by atoms with van der Waals surface area (Å²) in [4.78, 5) is 14.5. The zero-order valence-electron chi connectivity index (χ0n) is 18.8. The minimum absolute atomic E-state index is 0.00251. The molecule has 0 spiro atoms. The number of phenols is 2. The number of hydrogen-bond donors (Lipinski definition) is 2. The van der Waals surface area contributed by atoms with Crippen LogP contribution in [-0.2, 0) is 18.3 Å².